The molecule has 0 radical (unpaired) electrons. The van der Waals surface area contributed by atoms with E-state index < -0.39 is 0 Å². The molecule has 21 heavy (non-hydrogen) atoms. The third kappa shape index (κ3) is 4.44. The molecule has 1 saturated carbocycles. The van der Waals surface area contributed by atoms with E-state index in [1.807, 2.05) is 30.3 Å². The highest BCUT2D eigenvalue weighted by Crippen LogP contribution is 2.22. The molecule has 5 nitrogen and oxygen atoms in total. The second-order valence-electron chi connectivity index (χ2n) is 5.89. The number of aliphatic hydroxyl groups excluding tert-OH is 1. The number of amides is 2. The lowest BCUT2D eigenvalue weighted by Gasteiger charge is -2.21. The van der Waals surface area contributed by atoms with Crippen molar-refractivity contribution in [1.29, 1.82) is 0 Å². The first kappa shape index (κ1) is 15.8. The topological polar surface area (TPSA) is 64.6 Å². The number of urea groups is 1. The highest BCUT2D eigenvalue weighted by Gasteiger charge is 2.27. The summed E-state index contributed by atoms with van der Waals surface area (Å²) < 4.78 is 0. The van der Waals surface area contributed by atoms with Crippen molar-refractivity contribution in [2.75, 3.05) is 20.7 Å². The van der Waals surface area contributed by atoms with Gasteiger partial charge in [-0.1, -0.05) is 30.3 Å². The number of nitrogens with zero attached hydrogens (tertiary/aromatic N) is 1. The van der Waals surface area contributed by atoms with Gasteiger partial charge in [0.05, 0.1) is 12.6 Å². The van der Waals surface area contributed by atoms with Crippen LogP contribution in [0.25, 0.3) is 0 Å². The molecular weight excluding hydrogens is 266 g/mol. The van der Waals surface area contributed by atoms with Crippen molar-refractivity contribution in [2.24, 2.45) is 0 Å². The van der Waals surface area contributed by atoms with Crippen LogP contribution < -0.4 is 10.6 Å². The lowest BCUT2D eigenvalue weighted by Crippen LogP contribution is -2.44. The van der Waals surface area contributed by atoms with E-state index in [9.17, 15) is 9.90 Å². The maximum Gasteiger partial charge on any atom is 0.315 e. The van der Waals surface area contributed by atoms with E-state index in [4.69, 9.17) is 0 Å². The number of nitrogens with one attached hydrogen (secondary N) is 2. The van der Waals surface area contributed by atoms with Crippen LogP contribution >= 0.6 is 0 Å². The van der Waals surface area contributed by atoms with E-state index in [1.165, 1.54) is 0 Å². The van der Waals surface area contributed by atoms with Gasteiger partial charge in [-0.25, -0.2) is 4.79 Å². The summed E-state index contributed by atoms with van der Waals surface area (Å²) >= 11 is 0. The van der Waals surface area contributed by atoms with Crippen LogP contribution in [0, 0.1) is 0 Å². The molecule has 0 aliphatic heterocycles. The average molecular weight is 291 g/mol. The molecule has 1 aliphatic rings. The molecule has 0 saturated heterocycles. The number of aliphatic hydroxyl groups is 1. The van der Waals surface area contributed by atoms with Crippen LogP contribution in [-0.2, 0) is 0 Å². The molecule has 2 amide bonds. The molecular formula is C16H25N3O2. The van der Waals surface area contributed by atoms with Crippen molar-refractivity contribution >= 4 is 6.03 Å². The Hall–Kier alpha value is -1.59. The fraction of sp³-hybridized carbons (Fsp3) is 0.562. The van der Waals surface area contributed by atoms with Gasteiger partial charge >= 0.3 is 6.03 Å². The fourth-order valence-electron chi connectivity index (χ4n) is 2.86. The first-order valence-electron chi connectivity index (χ1n) is 7.49. The van der Waals surface area contributed by atoms with Gasteiger partial charge in [-0.05, 0) is 38.9 Å². The van der Waals surface area contributed by atoms with Crippen molar-refractivity contribution in [1.82, 2.24) is 15.5 Å². The molecule has 0 aromatic heterocycles. The monoisotopic (exact) mass is 291 g/mol. The van der Waals surface area contributed by atoms with Crippen LogP contribution in [0.1, 0.15) is 30.9 Å². The van der Waals surface area contributed by atoms with Gasteiger partial charge in [0, 0.05) is 12.1 Å². The molecule has 2 rings (SSSR count). The van der Waals surface area contributed by atoms with Gasteiger partial charge in [0.25, 0.3) is 0 Å². The van der Waals surface area contributed by atoms with Gasteiger partial charge in [0.15, 0.2) is 0 Å². The Balaban J connectivity index is 1.84. The number of rotatable bonds is 5. The lowest BCUT2D eigenvalue weighted by molar-refractivity contribution is 0.213. The Morgan fingerprint density at radius 2 is 2.05 bits per heavy atom. The van der Waals surface area contributed by atoms with Gasteiger partial charge in [-0.2, -0.15) is 0 Å². The minimum atomic E-state index is -0.364. The molecule has 1 aromatic carbocycles. The van der Waals surface area contributed by atoms with E-state index >= 15 is 0 Å². The van der Waals surface area contributed by atoms with E-state index in [2.05, 4.69) is 29.6 Å². The van der Waals surface area contributed by atoms with E-state index in [0.29, 0.717) is 6.04 Å². The number of hydrogen-bond donors (Lipinski definition) is 3. The summed E-state index contributed by atoms with van der Waals surface area (Å²) in [4.78, 5) is 14.3. The van der Waals surface area contributed by atoms with Crippen LogP contribution in [0.2, 0.25) is 0 Å². The van der Waals surface area contributed by atoms with Gasteiger partial charge in [-0.3, -0.25) is 0 Å². The largest absolute Gasteiger partial charge is 0.394 e. The molecule has 1 aliphatic carbocycles. The standard InChI is InChI=1S/C16H25N3O2/c1-19(2)14-9-8-13(10-14)17-16(21)18-15(11-20)12-6-4-3-5-7-12/h3-7,13-15,20H,8-11H2,1-2H3,(H2,17,18,21). The molecule has 3 N–H and O–H groups in total. The molecule has 116 valence electrons. The Kier molecular flexibility index (Phi) is 5.59. The summed E-state index contributed by atoms with van der Waals surface area (Å²) in [5.41, 5.74) is 0.910. The van der Waals surface area contributed by atoms with Crippen molar-refractivity contribution in [3.8, 4) is 0 Å². The Labute approximate surface area is 126 Å². The molecule has 3 unspecified atom stereocenters. The normalized spacial score (nSPS) is 23.0. The quantitative estimate of drug-likeness (QED) is 0.770. The molecule has 3 atom stereocenters. The lowest BCUT2D eigenvalue weighted by atomic mass is 10.1. The highest BCUT2D eigenvalue weighted by atomic mass is 16.3. The average Bonchev–Trinajstić information content (AvgIpc) is 2.94. The van der Waals surface area contributed by atoms with E-state index in [1.54, 1.807) is 0 Å². The zero-order chi connectivity index (χ0) is 15.2. The Bertz CT molecular complexity index is 450. The summed E-state index contributed by atoms with van der Waals surface area (Å²) in [5, 5.41) is 15.3. The van der Waals surface area contributed by atoms with E-state index in [-0.39, 0.29) is 24.7 Å². The number of carbonyl (C=O) groups is 1. The van der Waals surface area contributed by atoms with Gasteiger partial charge in [0.1, 0.15) is 0 Å². The minimum Gasteiger partial charge on any atom is -0.394 e. The number of carbonyl (C=O) groups excluding carboxylic acids is 1. The minimum absolute atomic E-state index is 0.109. The van der Waals surface area contributed by atoms with Gasteiger partial charge in [-0.15, -0.1) is 0 Å². The SMILES string of the molecule is CN(C)C1CCC(NC(=O)NC(CO)c2ccccc2)C1. The number of hydrogen-bond acceptors (Lipinski definition) is 3. The highest BCUT2D eigenvalue weighted by molar-refractivity contribution is 5.74. The van der Waals surface area contributed by atoms with Crippen LogP contribution in [0.4, 0.5) is 4.79 Å². The van der Waals surface area contributed by atoms with Gasteiger partial charge < -0.3 is 20.6 Å². The van der Waals surface area contributed by atoms with Crippen LogP contribution in [0.15, 0.2) is 30.3 Å². The summed E-state index contributed by atoms with van der Waals surface area (Å²) in [5.74, 6) is 0. The molecule has 0 spiro atoms. The van der Waals surface area contributed by atoms with Crippen LogP contribution in [0.5, 0.6) is 0 Å². The third-order valence-electron chi connectivity index (χ3n) is 4.16. The van der Waals surface area contributed by atoms with Gasteiger partial charge in [0.2, 0.25) is 0 Å². The summed E-state index contributed by atoms with van der Waals surface area (Å²) in [7, 11) is 4.15. The Morgan fingerprint density at radius 1 is 1.33 bits per heavy atom. The summed E-state index contributed by atoms with van der Waals surface area (Å²) in [6, 6.07) is 9.70. The van der Waals surface area contributed by atoms with Crippen molar-refractivity contribution in [3.63, 3.8) is 0 Å². The summed E-state index contributed by atoms with van der Waals surface area (Å²) in [6.45, 7) is -0.109. The number of benzene rings is 1. The third-order valence-corrected chi connectivity index (χ3v) is 4.16. The molecule has 1 fully saturated rings. The first-order valence-corrected chi connectivity index (χ1v) is 7.49. The maximum atomic E-state index is 12.1. The Morgan fingerprint density at radius 3 is 2.62 bits per heavy atom. The second kappa shape index (κ2) is 7.43. The van der Waals surface area contributed by atoms with Crippen molar-refractivity contribution in [3.05, 3.63) is 35.9 Å². The van der Waals surface area contributed by atoms with Crippen LogP contribution in [-0.4, -0.2) is 48.8 Å². The van der Waals surface area contributed by atoms with Crippen LogP contribution in [0.3, 0.4) is 0 Å². The zero-order valence-corrected chi connectivity index (χ0v) is 12.7. The molecule has 1 aromatic rings. The van der Waals surface area contributed by atoms with E-state index in [0.717, 1.165) is 24.8 Å². The predicted molar refractivity (Wildman–Crippen MR) is 83.1 cm³/mol. The second-order valence-corrected chi connectivity index (χ2v) is 5.89. The maximum absolute atomic E-state index is 12.1. The molecule has 0 heterocycles. The molecule has 0 bridgehead atoms. The fourth-order valence-corrected chi connectivity index (χ4v) is 2.86. The predicted octanol–water partition coefficient (Wildman–Crippen LogP) is 1.50. The zero-order valence-electron chi connectivity index (χ0n) is 12.7. The molecule has 5 heteroatoms. The van der Waals surface area contributed by atoms with Crippen molar-refractivity contribution in [2.45, 2.75) is 37.4 Å². The van der Waals surface area contributed by atoms with Crippen molar-refractivity contribution < 1.29 is 9.90 Å². The summed E-state index contributed by atoms with van der Waals surface area (Å²) in [6.07, 6.45) is 3.10. The first-order chi connectivity index (χ1) is 10.1. The smallest absolute Gasteiger partial charge is 0.315 e.